The zero-order valence-electron chi connectivity index (χ0n) is 12.3. The van der Waals surface area contributed by atoms with Gasteiger partial charge >= 0.3 is 0 Å². The first-order chi connectivity index (χ1) is 11.4. The maximum Gasteiger partial charge on any atom is 0.271 e. The average molecular weight is 379 g/mol. The van der Waals surface area contributed by atoms with Crippen LogP contribution >= 0.6 is 22.7 Å². The van der Waals surface area contributed by atoms with Gasteiger partial charge in [-0.15, -0.1) is 22.7 Å². The topological polar surface area (TPSA) is 102 Å². The predicted molar refractivity (Wildman–Crippen MR) is 94.4 cm³/mol. The fourth-order valence-electron chi connectivity index (χ4n) is 2.00. The predicted octanol–water partition coefficient (Wildman–Crippen LogP) is 2.45. The first kappa shape index (κ1) is 16.8. The first-order valence-corrected chi connectivity index (χ1v) is 10.1. The molecule has 0 saturated heterocycles. The normalized spacial score (nSPS) is 11.4. The van der Waals surface area contributed by atoms with E-state index in [0.29, 0.717) is 11.3 Å². The highest BCUT2D eigenvalue weighted by atomic mass is 32.2. The van der Waals surface area contributed by atoms with Crippen molar-refractivity contribution in [3.05, 3.63) is 58.4 Å². The third-order valence-corrected chi connectivity index (χ3v) is 5.94. The fourth-order valence-corrected chi connectivity index (χ4v) is 4.19. The molecule has 0 aliphatic heterocycles. The molecule has 124 valence electrons. The van der Waals surface area contributed by atoms with Crippen LogP contribution in [0, 0.1) is 0 Å². The molecule has 0 atom stereocenters. The lowest BCUT2D eigenvalue weighted by Crippen LogP contribution is -2.23. The molecule has 3 rings (SSSR count). The maximum atomic E-state index is 12.2. The molecule has 1 aromatic carbocycles. The Balaban J connectivity index is 1.68. The standard InChI is InChI=1S/C15H13N3O3S3/c16-24(20,21)11-4-1-3-10(7-11)8-17-14(19)12-9-23-15(18-12)13-5-2-6-22-13/h1-7,9H,8H2,(H,17,19)(H2,16,20,21). The van der Waals surface area contributed by atoms with Gasteiger partial charge in [-0.2, -0.15) is 0 Å². The van der Waals surface area contributed by atoms with Crippen LogP contribution in [0.2, 0.25) is 0 Å². The van der Waals surface area contributed by atoms with Gasteiger partial charge in [-0.3, -0.25) is 4.79 Å². The Hall–Kier alpha value is -2.07. The number of aromatic nitrogens is 1. The van der Waals surface area contributed by atoms with E-state index in [1.807, 2.05) is 17.5 Å². The number of nitrogens with two attached hydrogens (primary N) is 1. The lowest BCUT2D eigenvalue weighted by atomic mass is 10.2. The minimum absolute atomic E-state index is 0.0166. The van der Waals surface area contributed by atoms with Crippen molar-refractivity contribution in [2.45, 2.75) is 11.4 Å². The molecule has 3 aromatic rings. The Kier molecular flexibility index (Phi) is 4.76. The number of benzene rings is 1. The summed E-state index contributed by atoms with van der Waals surface area (Å²) >= 11 is 2.97. The molecule has 3 N–H and O–H groups in total. The van der Waals surface area contributed by atoms with E-state index in [2.05, 4.69) is 10.3 Å². The summed E-state index contributed by atoms with van der Waals surface area (Å²) in [5.41, 5.74) is 0.981. The van der Waals surface area contributed by atoms with E-state index in [9.17, 15) is 13.2 Å². The third-order valence-electron chi connectivity index (χ3n) is 3.15. The molecule has 0 radical (unpaired) electrons. The van der Waals surface area contributed by atoms with E-state index < -0.39 is 10.0 Å². The van der Waals surface area contributed by atoms with Crippen LogP contribution in [0.1, 0.15) is 16.1 Å². The van der Waals surface area contributed by atoms with Gasteiger partial charge in [0, 0.05) is 11.9 Å². The molecule has 0 spiro atoms. The second-order valence-electron chi connectivity index (χ2n) is 4.89. The summed E-state index contributed by atoms with van der Waals surface area (Å²) in [5, 5.41) is 12.3. The fraction of sp³-hybridized carbons (Fsp3) is 0.0667. The molecule has 2 aromatic heterocycles. The van der Waals surface area contributed by atoms with Crippen LogP contribution < -0.4 is 10.5 Å². The van der Waals surface area contributed by atoms with Gasteiger partial charge in [0.2, 0.25) is 10.0 Å². The highest BCUT2D eigenvalue weighted by Gasteiger charge is 2.13. The summed E-state index contributed by atoms with van der Waals surface area (Å²) in [6.45, 7) is 0.189. The molecular weight excluding hydrogens is 366 g/mol. The highest BCUT2D eigenvalue weighted by Crippen LogP contribution is 2.27. The minimum atomic E-state index is -3.76. The number of amides is 1. The molecule has 6 nitrogen and oxygen atoms in total. The Labute approximate surface area is 147 Å². The van der Waals surface area contributed by atoms with Crippen molar-refractivity contribution in [3.63, 3.8) is 0 Å². The Morgan fingerprint density at radius 3 is 2.75 bits per heavy atom. The lowest BCUT2D eigenvalue weighted by Gasteiger charge is -2.05. The number of carbonyl (C=O) groups excluding carboxylic acids is 1. The van der Waals surface area contributed by atoms with Crippen LogP contribution in [0.5, 0.6) is 0 Å². The summed E-state index contributed by atoms with van der Waals surface area (Å²) in [6.07, 6.45) is 0. The van der Waals surface area contributed by atoms with Gasteiger partial charge in [0.1, 0.15) is 10.7 Å². The van der Waals surface area contributed by atoms with Gasteiger partial charge in [-0.1, -0.05) is 18.2 Å². The minimum Gasteiger partial charge on any atom is -0.347 e. The van der Waals surface area contributed by atoms with Gasteiger partial charge in [0.15, 0.2) is 0 Å². The molecule has 0 fully saturated rings. The van der Waals surface area contributed by atoms with Crippen molar-refractivity contribution in [2.75, 3.05) is 0 Å². The number of carbonyl (C=O) groups is 1. The Morgan fingerprint density at radius 2 is 2.04 bits per heavy atom. The second kappa shape index (κ2) is 6.81. The van der Waals surface area contributed by atoms with E-state index in [4.69, 9.17) is 5.14 Å². The van der Waals surface area contributed by atoms with Crippen molar-refractivity contribution in [3.8, 4) is 9.88 Å². The maximum absolute atomic E-state index is 12.2. The van der Waals surface area contributed by atoms with Crippen LogP contribution in [0.3, 0.4) is 0 Å². The van der Waals surface area contributed by atoms with Crippen LogP contribution in [-0.2, 0) is 16.6 Å². The number of sulfonamides is 1. The molecule has 0 aliphatic carbocycles. The second-order valence-corrected chi connectivity index (χ2v) is 8.26. The summed E-state index contributed by atoms with van der Waals surface area (Å²) in [5.74, 6) is -0.310. The van der Waals surface area contributed by atoms with Gasteiger partial charge in [0.05, 0.1) is 9.77 Å². The van der Waals surface area contributed by atoms with E-state index >= 15 is 0 Å². The highest BCUT2D eigenvalue weighted by molar-refractivity contribution is 7.89. The number of rotatable bonds is 5. The molecule has 24 heavy (non-hydrogen) atoms. The van der Waals surface area contributed by atoms with E-state index in [0.717, 1.165) is 9.88 Å². The summed E-state index contributed by atoms with van der Waals surface area (Å²) < 4.78 is 22.7. The van der Waals surface area contributed by atoms with Crippen LogP contribution in [-0.4, -0.2) is 19.3 Å². The van der Waals surface area contributed by atoms with Crippen LogP contribution in [0.4, 0.5) is 0 Å². The van der Waals surface area contributed by atoms with E-state index in [-0.39, 0.29) is 17.3 Å². The number of nitrogens with zero attached hydrogens (tertiary/aromatic N) is 1. The SMILES string of the molecule is NS(=O)(=O)c1cccc(CNC(=O)c2csc(-c3cccs3)n2)c1. The van der Waals surface area contributed by atoms with Crippen molar-refractivity contribution in [1.82, 2.24) is 10.3 Å². The monoisotopic (exact) mass is 379 g/mol. The number of primary sulfonamides is 1. The van der Waals surface area contributed by atoms with Crippen molar-refractivity contribution < 1.29 is 13.2 Å². The molecule has 0 unspecified atom stereocenters. The molecule has 1 amide bonds. The number of thiazole rings is 1. The van der Waals surface area contributed by atoms with Gasteiger partial charge in [0.25, 0.3) is 5.91 Å². The molecular formula is C15H13N3O3S3. The third kappa shape index (κ3) is 3.88. The summed E-state index contributed by atoms with van der Waals surface area (Å²) in [6, 6.07) is 10.0. The average Bonchev–Trinajstić information content (AvgIpc) is 3.22. The molecule has 0 saturated carbocycles. The van der Waals surface area contributed by atoms with Gasteiger partial charge in [-0.25, -0.2) is 18.5 Å². The zero-order valence-corrected chi connectivity index (χ0v) is 14.7. The Bertz CT molecular complexity index is 963. The smallest absolute Gasteiger partial charge is 0.271 e. The van der Waals surface area contributed by atoms with Crippen molar-refractivity contribution in [1.29, 1.82) is 0 Å². The Morgan fingerprint density at radius 1 is 1.21 bits per heavy atom. The van der Waals surface area contributed by atoms with E-state index in [1.54, 1.807) is 28.8 Å². The van der Waals surface area contributed by atoms with E-state index in [1.165, 1.54) is 23.5 Å². The molecule has 0 bridgehead atoms. The molecule has 0 aliphatic rings. The lowest BCUT2D eigenvalue weighted by molar-refractivity contribution is 0.0946. The van der Waals surface area contributed by atoms with Crippen LogP contribution in [0.15, 0.2) is 52.1 Å². The van der Waals surface area contributed by atoms with Crippen molar-refractivity contribution >= 4 is 38.6 Å². The van der Waals surface area contributed by atoms with Gasteiger partial charge in [-0.05, 0) is 29.1 Å². The summed E-state index contributed by atoms with van der Waals surface area (Å²) in [4.78, 5) is 17.5. The zero-order chi connectivity index (χ0) is 17.2. The van der Waals surface area contributed by atoms with Crippen LogP contribution in [0.25, 0.3) is 9.88 Å². The van der Waals surface area contributed by atoms with Crippen molar-refractivity contribution in [2.24, 2.45) is 5.14 Å². The molecule has 9 heteroatoms. The molecule has 2 heterocycles. The number of hydrogen-bond donors (Lipinski definition) is 2. The first-order valence-electron chi connectivity index (χ1n) is 6.83. The number of hydrogen-bond acceptors (Lipinski definition) is 6. The number of nitrogens with one attached hydrogen (secondary N) is 1. The summed E-state index contributed by atoms with van der Waals surface area (Å²) in [7, 11) is -3.76. The van der Waals surface area contributed by atoms with Gasteiger partial charge < -0.3 is 5.32 Å². The number of thiophene rings is 1. The largest absolute Gasteiger partial charge is 0.347 e. The quantitative estimate of drug-likeness (QED) is 0.711.